The second-order valence-corrected chi connectivity index (χ2v) is 12.1. The standard InChI is InChI=1S/C26H21ClF2N8O2S2/c27-24-21(36-41(38,39)22-4-1-16(28)12-18(22)29)11-15(13-31-24)19-2-3-20-23(35-19)25(33-14-32-20)34-17-5-8-37(9-6-17)26-30-7-10-40-26/h1-4,7,10-14,17,36H,5-6,8-9H2,(H,32,33,34). The number of hydrogen-bond acceptors (Lipinski definition) is 10. The summed E-state index contributed by atoms with van der Waals surface area (Å²) in [5.41, 5.74) is 1.98. The molecule has 1 aliphatic heterocycles. The Kier molecular flexibility index (Phi) is 7.36. The fourth-order valence-electron chi connectivity index (χ4n) is 4.54. The minimum atomic E-state index is -4.43. The maximum atomic E-state index is 14.2. The molecule has 1 aromatic carbocycles. The van der Waals surface area contributed by atoms with Crippen molar-refractivity contribution in [2.24, 2.45) is 0 Å². The highest BCUT2D eigenvalue weighted by Gasteiger charge is 2.23. The Balaban J connectivity index is 1.25. The lowest BCUT2D eigenvalue weighted by Gasteiger charge is -2.32. The van der Waals surface area contributed by atoms with Crippen molar-refractivity contribution in [2.75, 3.05) is 28.0 Å². The number of benzene rings is 1. The molecule has 15 heteroatoms. The van der Waals surface area contributed by atoms with Gasteiger partial charge in [0.25, 0.3) is 10.0 Å². The largest absolute Gasteiger partial charge is 0.365 e. The van der Waals surface area contributed by atoms with E-state index in [1.54, 1.807) is 29.7 Å². The zero-order valence-electron chi connectivity index (χ0n) is 21.1. The van der Waals surface area contributed by atoms with Crippen LogP contribution >= 0.6 is 22.9 Å². The Morgan fingerprint density at radius 3 is 2.61 bits per heavy atom. The molecule has 0 saturated carbocycles. The minimum absolute atomic E-state index is 0.0931. The molecule has 1 fully saturated rings. The number of thiazole rings is 1. The number of rotatable bonds is 7. The first-order valence-corrected chi connectivity index (χ1v) is 15.2. The second-order valence-electron chi connectivity index (χ2n) is 9.25. The van der Waals surface area contributed by atoms with Gasteiger partial charge >= 0.3 is 0 Å². The van der Waals surface area contributed by atoms with E-state index in [0.717, 1.165) is 43.2 Å². The van der Waals surface area contributed by atoms with Crippen molar-refractivity contribution in [3.05, 3.63) is 77.3 Å². The average Bonchev–Trinajstić information content (AvgIpc) is 3.50. The average molecular weight is 615 g/mol. The van der Waals surface area contributed by atoms with Gasteiger partial charge in [0.1, 0.15) is 28.4 Å². The van der Waals surface area contributed by atoms with Gasteiger partial charge in [-0.15, -0.1) is 11.3 Å². The Morgan fingerprint density at radius 2 is 1.85 bits per heavy atom. The fraction of sp³-hybridized carbons (Fsp3) is 0.192. The number of fused-ring (bicyclic) bond motifs is 1. The number of piperidine rings is 1. The number of hydrogen-bond donors (Lipinski definition) is 2. The van der Waals surface area contributed by atoms with Gasteiger partial charge in [0, 0.05) is 48.5 Å². The SMILES string of the molecule is O=S(=O)(Nc1cc(-c2ccc3ncnc(NC4CCN(c5nccs5)CC4)c3n2)cnc1Cl)c1ccc(F)cc1F. The Bertz CT molecular complexity index is 1840. The molecule has 1 saturated heterocycles. The Hall–Kier alpha value is -4.01. The Labute approximate surface area is 242 Å². The van der Waals surface area contributed by atoms with Gasteiger partial charge in [-0.05, 0) is 43.2 Å². The molecule has 0 unspecified atom stereocenters. The number of nitrogens with one attached hydrogen (secondary N) is 2. The normalized spacial score (nSPS) is 14.4. The quantitative estimate of drug-likeness (QED) is 0.233. The fourth-order valence-corrected chi connectivity index (χ4v) is 6.56. The number of aromatic nitrogens is 5. The van der Waals surface area contributed by atoms with Crippen molar-refractivity contribution in [3.8, 4) is 11.3 Å². The molecule has 10 nitrogen and oxygen atoms in total. The molecule has 0 aliphatic carbocycles. The van der Waals surface area contributed by atoms with Crippen LogP contribution in [-0.4, -0.2) is 52.5 Å². The molecule has 0 bridgehead atoms. The van der Waals surface area contributed by atoms with Crippen LogP contribution in [0.5, 0.6) is 0 Å². The third-order valence-corrected chi connectivity index (χ3v) is 9.10. The van der Waals surface area contributed by atoms with Crippen LogP contribution in [0.15, 0.2) is 65.4 Å². The van der Waals surface area contributed by atoms with Gasteiger partial charge in [0.05, 0.1) is 16.9 Å². The minimum Gasteiger partial charge on any atom is -0.365 e. The van der Waals surface area contributed by atoms with Crippen molar-refractivity contribution < 1.29 is 17.2 Å². The van der Waals surface area contributed by atoms with Gasteiger partial charge in [0.2, 0.25) is 0 Å². The zero-order chi connectivity index (χ0) is 28.6. The smallest absolute Gasteiger partial charge is 0.264 e. The summed E-state index contributed by atoms with van der Waals surface area (Å²) in [6.07, 6.45) is 6.51. The van der Waals surface area contributed by atoms with Crippen LogP contribution in [0, 0.1) is 11.6 Å². The maximum Gasteiger partial charge on any atom is 0.264 e. The summed E-state index contributed by atoms with van der Waals surface area (Å²) in [6.45, 7) is 1.73. The first kappa shape index (κ1) is 27.2. The molecule has 1 aliphatic rings. The van der Waals surface area contributed by atoms with Crippen LogP contribution < -0.4 is 14.9 Å². The van der Waals surface area contributed by atoms with Gasteiger partial charge in [-0.3, -0.25) is 4.72 Å². The van der Waals surface area contributed by atoms with Crippen molar-refractivity contribution in [3.63, 3.8) is 0 Å². The predicted molar refractivity (Wildman–Crippen MR) is 154 cm³/mol. The molecule has 5 aromatic rings. The van der Waals surface area contributed by atoms with E-state index >= 15 is 0 Å². The van der Waals surface area contributed by atoms with E-state index in [2.05, 4.69) is 34.9 Å². The van der Waals surface area contributed by atoms with E-state index in [1.165, 1.54) is 18.6 Å². The van der Waals surface area contributed by atoms with Gasteiger partial charge in [0.15, 0.2) is 16.1 Å². The number of anilines is 3. The molecular formula is C26H21ClF2N8O2S2. The second kappa shape index (κ2) is 11.1. The number of nitrogens with zero attached hydrogens (tertiary/aromatic N) is 6. The summed E-state index contributed by atoms with van der Waals surface area (Å²) in [4.78, 5) is 23.5. The number of halogens is 3. The lowest BCUT2D eigenvalue weighted by molar-refractivity contribution is 0.525. The molecule has 2 N–H and O–H groups in total. The van der Waals surface area contributed by atoms with Crippen LogP contribution in [0.4, 0.5) is 25.4 Å². The summed E-state index contributed by atoms with van der Waals surface area (Å²) in [7, 11) is -4.43. The highest BCUT2D eigenvalue weighted by atomic mass is 35.5. The van der Waals surface area contributed by atoms with Crippen molar-refractivity contribution in [1.82, 2.24) is 24.9 Å². The van der Waals surface area contributed by atoms with Crippen molar-refractivity contribution in [1.29, 1.82) is 0 Å². The van der Waals surface area contributed by atoms with Gasteiger partial charge < -0.3 is 10.2 Å². The van der Waals surface area contributed by atoms with Crippen LogP contribution in [0.3, 0.4) is 0 Å². The molecule has 0 radical (unpaired) electrons. The molecular weight excluding hydrogens is 594 g/mol. The highest BCUT2D eigenvalue weighted by molar-refractivity contribution is 7.92. The third kappa shape index (κ3) is 5.76. The molecule has 0 spiro atoms. The van der Waals surface area contributed by atoms with E-state index in [9.17, 15) is 17.2 Å². The summed E-state index contributed by atoms with van der Waals surface area (Å²) in [5, 5.41) is 6.33. The summed E-state index contributed by atoms with van der Waals surface area (Å²) < 4.78 is 55.4. The first-order chi connectivity index (χ1) is 19.8. The topological polar surface area (TPSA) is 126 Å². The summed E-state index contributed by atoms with van der Waals surface area (Å²) in [5.74, 6) is -1.55. The van der Waals surface area contributed by atoms with E-state index in [1.807, 2.05) is 5.38 Å². The maximum absolute atomic E-state index is 14.2. The van der Waals surface area contributed by atoms with Crippen LogP contribution in [0.25, 0.3) is 22.3 Å². The molecule has 210 valence electrons. The van der Waals surface area contributed by atoms with Crippen LogP contribution in [-0.2, 0) is 10.0 Å². The highest BCUT2D eigenvalue weighted by Crippen LogP contribution is 2.31. The summed E-state index contributed by atoms with van der Waals surface area (Å²) >= 11 is 7.79. The molecule has 5 heterocycles. The monoisotopic (exact) mass is 614 g/mol. The molecule has 0 amide bonds. The van der Waals surface area contributed by atoms with E-state index < -0.39 is 26.6 Å². The third-order valence-electron chi connectivity index (χ3n) is 6.57. The van der Waals surface area contributed by atoms with E-state index in [0.29, 0.717) is 34.2 Å². The molecule has 41 heavy (non-hydrogen) atoms. The zero-order valence-corrected chi connectivity index (χ0v) is 23.5. The molecule has 6 rings (SSSR count). The van der Waals surface area contributed by atoms with Gasteiger partial charge in [-0.25, -0.2) is 42.1 Å². The van der Waals surface area contributed by atoms with Crippen molar-refractivity contribution in [2.45, 2.75) is 23.8 Å². The van der Waals surface area contributed by atoms with Crippen LogP contribution in [0.1, 0.15) is 12.8 Å². The van der Waals surface area contributed by atoms with Gasteiger partial charge in [-0.1, -0.05) is 11.6 Å². The summed E-state index contributed by atoms with van der Waals surface area (Å²) in [6, 6.07) is 7.29. The van der Waals surface area contributed by atoms with Crippen molar-refractivity contribution >= 4 is 60.6 Å². The van der Waals surface area contributed by atoms with Crippen LogP contribution in [0.2, 0.25) is 5.15 Å². The Morgan fingerprint density at radius 1 is 1.02 bits per heavy atom. The molecule has 0 atom stereocenters. The number of pyridine rings is 2. The van der Waals surface area contributed by atoms with Gasteiger partial charge in [-0.2, -0.15) is 0 Å². The lowest BCUT2D eigenvalue weighted by atomic mass is 10.1. The molecule has 4 aromatic heterocycles. The predicted octanol–water partition coefficient (Wildman–Crippen LogP) is 5.36. The number of sulfonamides is 1. The van der Waals surface area contributed by atoms with E-state index in [-0.39, 0.29) is 16.9 Å². The first-order valence-electron chi connectivity index (χ1n) is 12.4. The van der Waals surface area contributed by atoms with E-state index in [4.69, 9.17) is 16.6 Å². The lowest BCUT2D eigenvalue weighted by Crippen LogP contribution is -2.39.